The molecule has 1 N–H and O–H groups in total. The van der Waals surface area contributed by atoms with Crippen LogP contribution in [0.1, 0.15) is 32.2 Å². The molecule has 0 aliphatic carbocycles. The van der Waals surface area contributed by atoms with E-state index in [0.717, 1.165) is 5.56 Å². The fourth-order valence-electron chi connectivity index (χ4n) is 1.99. The van der Waals surface area contributed by atoms with E-state index in [4.69, 9.17) is 4.52 Å². The summed E-state index contributed by atoms with van der Waals surface area (Å²) in [6.45, 7) is 8.36. The van der Waals surface area contributed by atoms with Crippen molar-refractivity contribution < 1.29 is 4.52 Å². The van der Waals surface area contributed by atoms with Crippen molar-refractivity contribution in [1.29, 1.82) is 0 Å². The van der Waals surface area contributed by atoms with Crippen molar-refractivity contribution >= 4 is 0 Å². The Balaban J connectivity index is 1.90. The molecule has 3 rings (SSSR count). The van der Waals surface area contributed by atoms with Gasteiger partial charge < -0.3 is 4.52 Å². The molecule has 2 aromatic heterocycles. The highest BCUT2D eigenvalue weighted by molar-refractivity contribution is 5.57. The Bertz CT molecular complexity index is 749. The molecule has 0 spiro atoms. The predicted octanol–water partition coefficient (Wildman–Crippen LogP) is 3.13. The predicted molar refractivity (Wildman–Crippen MR) is 78.5 cm³/mol. The lowest BCUT2D eigenvalue weighted by Crippen LogP contribution is -2.10. The van der Waals surface area contributed by atoms with Crippen LogP contribution in [0.15, 0.2) is 28.8 Å². The lowest BCUT2D eigenvalue weighted by Gasteiger charge is -2.18. The Morgan fingerprint density at radius 1 is 1.00 bits per heavy atom. The maximum absolute atomic E-state index is 5.21. The first-order valence-corrected chi connectivity index (χ1v) is 6.77. The Morgan fingerprint density at radius 3 is 2.29 bits per heavy atom. The molecule has 0 radical (unpaired) electrons. The van der Waals surface area contributed by atoms with Crippen molar-refractivity contribution in [1.82, 2.24) is 25.3 Å². The van der Waals surface area contributed by atoms with Crippen molar-refractivity contribution in [3.63, 3.8) is 0 Å². The zero-order chi connectivity index (χ0) is 15.0. The van der Waals surface area contributed by atoms with Crippen molar-refractivity contribution in [2.75, 3.05) is 0 Å². The van der Waals surface area contributed by atoms with Gasteiger partial charge in [0.05, 0.1) is 0 Å². The lowest BCUT2D eigenvalue weighted by molar-refractivity contribution is 0.429. The second-order valence-corrected chi connectivity index (χ2v) is 5.99. The van der Waals surface area contributed by atoms with Crippen molar-refractivity contribution in [2.45, 2.75) is 33.1 Å². The summed E-state index contributed by atoms with van der Waals surface area (Å²) in [6, 6.07) is 8.17. The summed E-state index contributed by atoms with van der Waals surface area (Å²) < 4.78 is 5.21. The average molecular weight is 283 g/mol. The van der Waals surface area contributed by atoms with Gasteiger partial charge in [-0.05, 0) is 17.9 Å². The third kappa shape index (κ3) is 2.69. The zero-order valence-corrected chi connectivity index (χ0v) is 12.5. The highest BCUT2D eigenvalue weighted by Gasteiger charge is 2.16. The molecule has 3 aromatic rings. The molecule has 2 heterocycles. The van der Waals surface area contributed by atoms with Gasteiger partial charge in [0, 0.05) is 5.56 Å². The molecule has 0 aliphatic heterocycles. The second-order valence-electron chi connectivity index (χ2n) is 5.99. The van der Waals surface area contributed by atoms with E-state index in [-0.39, 0.29) is 5.41 Å². The van der Waals surface area contributed by atoms with Crippen LogP contribution in [-0.4, -0.2) is 25.3 Å². The molecular formula is C15H17N5O. The second kappa shape index (κ2) is 4.80. The first-order chi connectivity index (χ1) is 9.93. The number of hydrogen-bond donors (Lipinski definition) is 1. The standard InChI is InChI=1S/C15H17N5O/c1-9-16-13(19-18-9)14-17-12(20-21-14)10-5-7-11(8-6-10)15(2,3)4/h5-8H,1-4H3,(H,16,18,19). The molecule has 0 aliphatic rings. The number of hydrogen-bond acceptors (Lipinski definition) is 5. The van der Waals surface area contributed by atoms with Crippen LogP contribution >= 0.6 is 0 Å². The fraction of sp³-hybridized carbons (Fsp3) is 0.333. The number of aryl methyl sites for hydroxylation is 1. The molecular weight excluding hydrogens is 266 g/mol. The van der Waals surface area contributed by atoms with Gasteiger partial charge in [-0.15, -0.1) is 5.10 Å². The van der Waals surface area contributed by atoms with Crippen LogP contribution in [0.3, 0.4) is 0 Å². The third-order valence-electron chi connectivity index (χ3n) is 3.22. The molecule has 0 unspecified atom stereocenters. The maximum Gasteiger partial charge on any atom is 0.297 e. The quantitative estimate of drug-likeness (QED) is 0.781. The van der Waals surface area contributed by atoms with E-state index in [0.29, 0.717) is 23.4 Å². The SMILES string of the molecule is Cc1nc(-c2nc(-c3ccc(C(C)(C)C)cc3)no2)n[nH]1. The molecule has 0 fully saturated rings. The Hall–Kier alpha value is -2.50. The van der Waals surface area contributed by atoms with Crippen LogP contribution < -0.4 is 0 Å². The molecule has 21 heavy (non-hydrogen) atoms. The smallest absolute Gasteiger partial charge is 0.297 e. The largest absolute Gasteiger partial charge is 0.330 e. The van der Waals surface area contributed by atoms with E-state index in [1.54, 1.807) is 0 Å². The summed E-state index contributed by atoms with van der Waals surface area (Å²) >= 11 is 0. The molecule has 0 saturated heterocycles. The summed E-state index contributed by atoms with van der Waals surface area (Å²) in [5.41, 5.74) is 2.29. The first-order valence-electron chi connectivity index (χ1n) is 6.77. The molecule has 0 saturated carbocycles. The summed E-state index contributed by atoms with van der Waals surface area (Å²) in [5.74, 6) is 1.97. The van der Waals surface area contributed by atoms with E-state index < -0.39 is 0 Å². The number of benzene rings is 1. The molecule has 1 aromatic carbocycles. The summed E-state index contributed by atoms with van der Waals surface area (Å²) in [5, 5.41) is 10.7. The molecule has 108 valence electrons. The molecule has 6 heteroatoms. The highest BCUT2D eigenvalue weighted by Crippen LogP contribution is 2.25. The van der Waals surface area contributed by atoms with Crippen molar-refractivity contribution in [2.24, 2.45) is 0 Å². The molecule has 6 nitrogen and oxygen atoms in total. The topological polar surface area (TPSA) is 80.5 Å². The van der Waals surface area contributed by atoms with Crippen LogP contribution in [0.2, 0.25) is 0 Å². The maximum atomic E-state index is 5.21. The number of nitrogens with zero attached hydrogens (tertiary/aromatic N) is 4. The first kappa shape index (κ1) is 13.5. The summed E-state index contributed by atoms with van der Waals surface area (Å²) in [4.78, 5) is 8.50. The van der Waals surface area contributed by atoms with E-state index in [1.165, 1.54) is 5.56 Å². The fourth-order valence-corrected chi connectivity index (χ4v) is 1.99. The summed E-state index contributed by atoms with van der Waals surface area (Å²) in [6.07, 6.45) is 0. The number of nitrogens with one attached hydrogen (secondary N) is 1. The number of rotatable bonds is 2. The number of aromatic amines is 1. The van der Waals surface area contributed by atoms with Gasteiger partial charge in [-0.1, -0.05) is 50.2 Å². The minimum absolute atomic E-state index is 0.122. The van der Waals surface area contributed by atoms with Gasteiger partial charge in [-0.3, -0.25) is 5.10 Å². The van der Waals surface area contributed by atoms with Gasteiger partial charge in [-0.2, -0.15) is 4.98 Å². The summed E-state index contributed by atoms with van der Waals surface area (Å²) in [7, 11) is 0. The molecule has 0 amide bonds. The van der Waals surface area contributed by atoms with Crippen LogP contribution in [0.4, 0.5) is 0 Å². The van der Waals surface area contributed by atoms with Gasteiger partial charge in [-0.25, -0.2) is 4.98 Å². The van der Waals surface area contributed by atoms with Gasteiger partial charge in [0.15, 0.2) is 0 Å². The van der Waals surface area contributed by atoms with Gasteiger partial charge in [0.25, 0.3) is 5.89 Å². The zero-order valence-electron chi connectivity index (χ0n) is 12.5. The van der Waals surface area contributed by atoms with E-state index in [9.17, 15) is 0 Å². The Kier molecular flexibility index (Phi) is 3.08. The minimum atomic E-state index is 0.122. The highest BCUT2D eigenvalue weighted by atomic mass is 16.5. The third-order valence-corrected chi connectivity index (χ3v) is 3.22. The van der Waals surface area contributed by atoms with E-state index in [1.807, 2.05) is 19.1 Å². The molecule has 0 bridgehead atoms. The Labute approximate surface area is 122 Å². The molecule has 0 atom stereocenters. The van der Waals surface area contributed by atoms with E-state index in [2.05, 4.69) is 58.2 Å². The minimum Gasteiger partial charge on any atom is -0.330 e. The van der Waals surface area contributed by atoms with E-state index >= 15 is 0 Å². The average Bonchev–Trinajstić information content (AvgIpc) is 3.06. The van der Waals surface area contributed by atoms with Gasteiger partial charge in [0.1, 0.15) is 5.82 Å². The van der Waals surface area contributed by atoms with Crippen molar-refractivity contribution in [3.8, 4) is 23.1 Å². The van der Waals surface area contributed by atoms with Crippen LogP contribution in [0, 0.1) is 6.92 Å². The van der Waals surface area contributed by atoms with Crippen molar-refractivity contribution in [3.05, 3.63) is 35.7 Å². The van der Waals surface area contributed by atoms with Gasteiger partial charge in [0.2, 0.25) is 11.6 Å². The van der Waals surface area contributed by atoms with Gasteiger partial charge >= 0.3 is 0 Å². The lowest BCUT2D eigenvalue weighted by atomic mass is 9.87. The number of H-pyrrole nitrogens is 1. The Morgan fingerprint density at radius 2 is 1.71 bits per heavy atom. The van der Waals surface area contributed by atoms with Crippen LogP contribution in [-0.2, 0) is 5.41 Å². The van der Waals surface area contributed by atoms with Crippen LogP contribution in [0.25, 0.3) is 23.1 Å². The van der Waals surface area contributed by atoms with Crippen LogP contribution in [0.5, 0.6) is 0 Å². The normalized spacial score (nSPS) is 11.8. The number of aromatic nitrogens is 5. The monoisotopic (exact) mass is 283 g/mol.